The zero-order valence-corrected chi connectivity index (χ0v) is 12.0. The lowest BCUT2D eigenvalue weighted by molar-refractivity contribution is 1.50. The van der Waals surface area contributed by atoms with Gasteiger partial charge in [-0.2, -0.15) is 0 Å². The van der Waals surface area contributed by atoms with Crippen molar-refractivity contribution < 1.29 is 0 Å². The molecule has 0 heteroatoms. The fourth-order valence-corrected chi connectivity index (χ4v) is 0. The van der Waals surface area contributed by atoms with Crippen molar-refractivity contribution in [2.45, 2.75) is 97.9 Å². The van der Waals surface area contributed by atoms with E-state index in [1.54, 1.807) is 0 Å². The summed E-state index contributed by atoms with van der Waals surface area (Å²) in [6.07, 6.45) is 0. The molecule has 0 aromatic heterocycles. The lowest BCUT2D eigenvalue weighted by Gasteiger charge is -1.07. The quantitative estimate of drug-likeness (QED) is 0.391. The average molecular weight is 213 g/mol. The molecular weight excluding hydrogens is 168 g/mol. The first-order valence-corrected chi connectivity index (χ1v) is 6.00. The van der Waals surface area contributed by atoms with Crippen LogP contribution in [0.3, 0.4) is 0 Å². The maximum Gasteiger partial charge on any atom is -0.0683 e. The summed E-state index contributed by atoms with van der Waals surface area (Å²) in [7, 11) is 0. The van der Waals surface area contributed by atoms with Crippen molar-refractivity contribution in [2.75, 3.05) is 0 Å². The Kier molecular flexibility index (Phi) is 0. The first kappa shape index (κ1) is 65.7. The molecule has 0 atom stereocenters. The van der Waals surface area contributed by atoms with E-state index in [0.717, 1.165) is 0 Å². The molecule has 0 aromatic rings. The summed E-state index contributed by atoms with van der Waals surface area (Å²) >= 11 is 0. The first-order valence-electron chi connectivity index (χ1n) is 6.00. The van der Waals surface area contributed by atoms with E-state index in [1.807, 2.05) is 83.1 Å². The van der Waals surface area contributed by atoms with E-state index < -0.39 is 0 Å². The summed E-state index contributed by atoms with van der Waals surface area (Å²) in [5.41, 5.74) is 0. The van der Waals surface area contributed by atoms with Crippen LogP contribution in [-0.2, 0) is 0 Å². The Bertz CT molecular complexity index is 0. The van der Waals surface area contributed by atoms with E-state index >= 15 is 0 Å². The van der Waals surface area contributed by atoms with Crippen molar-refractivity contribution in [2.24, 2.45) is 0 Å². The molecule has 0 N–H and O–H groups in total. The molecule has 0 saturated carbocycles. The van der Waals surface area contributed by atoms with Crippen LogP contribution in [0.1, 0.15) is 97.9 Å². The molecule has 0 aliphatic carbocycles. The predicted octanol–water partition coefficient (Wildman–Crippen LogP) is 7.43. The van der Waals surface area contributed by atoms with Crippen molar-refractivity contribution in [1.82, 2.24) is 0 Å². The predicted molar refractivity (Wildman–Crippen MR) is 81.6 cm³/mol. The van der Waals surface area contributed by atoms with Gasteiger partial charge in [-0.25, -0.2) is 0 Å². The first-order chi connectivity index (χ1) is 6.00. The Labute approximate surface area is 98.5 Å². The third-order valence-corrected chi connectivity index (χ3v) is 0. The molecule has 0 saturated heterocycles. The van der Waals surface area contributed by atoms with Gasteiger partial charge in [0.25, 0.3) is 0 Å². The van der Waals surface area contributed by atoms with Crippen molar-refractivity contribution >= 4 is 0 Å². The minimum Gasteiger partial charge on any atom is -0.0776 e. The Morgan fingerprint density at radius 3 is 0.214 bits per heavy atom. The molecule has 0 nitrogen and oxygen atoms in total. The van der Waals surface area contributed by atoms with Crippen LogP contribution in [0, 0.1) is 0 Å². The lowest BCUT2D eigenvalue weighted by atomic mass is 11.0. The van der Waals surface area contributed by atoms with Gasteiger partial charge in [-0.1, -0.05) is 97.9 Å². The Balaban J connectivity index is -0.00000000500. The normalized spacial score (nSPS) is 2.57. The molecule has 0 bridgehead atoms. The van der Waals surface area contributed by atoms with Crippen LogP contribution < -0.4 is 0 Å². The van der Waals surface area contributed by atoms with E-state index in [2.05, 4.69) is 0 Å². The summed E-state index contributed by atoms with van der Waals surface area (Å²) in [6, 6.07) is 0. The van der Waals surface area contributed by atoms with Gasteiger partial charge in [-0.15, -0.1) is 0 Å². The van der Waals surface area contributed by atoms with Crippen LogP contribution in [0.5, 0.6) is 0 Å². The van der Waals surface area contributed by atoms with Crippen molar-refractivity contribution in [3.05, 3.63) is 0 Å². The molecule has 0 radical (unpaired) electrons. The van der Waals surface area contributed by atoms with Gasteiger partial charge in [0.1, 0.15) is 0 Å². The second-order valence-electron chi connectivity index (χ2n) is 0. The van der Waals surface area contributed by atoms with Gasteiger partial charge in [0.05, 0.1) is 0 Å². The fourth-order valence-electron chi connectivity index (χ4n) is 0. The third-order valence-electron chi connectivity index (χ3n) is 0. The summed E-state index contributed by atoms with van der Waals surface area (Å²) in [6.45, 7) is 24.0. The Hall–Kier alpha value is 0. The van der Waals surface area contributed by atoms with Crippen molar-refractivity contribution in [3.8, 4) is 0 Å². The van der Waals surface area contributed by atoms with Crippen molar-refractivity contribution in [1.29, 1.82) is 0 Å². The van der Waals surface area contributed by atoms with Crippen LogP contribution in [0.4, 0.5) is 0 Å². The standard InChI is InChI=1S/6C2H6.2CH4/c6*1-2;;/h6*1-2H3;2*1H4. The molecule has 14 heavy (non-hydrogen) atoms. The maximum atomic E-state index is 2.00. The molecule has 0 aromatic carbocycles. The smallest absolute Gasteiger partial charge is 0.0683 e. The highest BCUT2D eigenvalue weighted by atomic mass is 13.0. The van der Waals surface area contributed by atoms with Crippen LogP contribution >= 0.6 is 0 Å². The average Bonchev–Trinajstić information content (AvgIpc) is 2.33. The zero-order valence-electron chi connectivity index (χ0n) is 12.0. The fraction of sp³-hybridized carbons (Fsp3) is 1.00. The van der Waals surface area contributed by atoms with Crippen LogP contribution in [0.2, 0.25) is 0 Å². The minimum absolute atomic E-state index is 0. The highest BCUT2D eigenvalue weighted by molar-refractivity contribution is 3.51. The largest absolute Gasteiger partial charge is 0.0776 e. The number of hydrogen-bond acceptors (Lipinski definition) is 0. The van der Waals surface area contributed by atoms with E-state index in [-0.39, 0.29) is 14.9 Å². The molecule has 0 spiro atoms. The maximum absolute atomic E-state index is 2.00. The van der Waals surface area contributed by atoms with Gasteiger partial charge in [0.2, 0.25) is 0 Å². The zero-order chi connectivity index (χ0) is 12.0. The summed E-state index contributed by atoms with van der Waals surface area (Å²) in [5.74, 6) is 0. The molecule has 0 heterocycles. The minimum atomic E-state index is 0. The van der Waals surface area contributed by atoms with E-state index in [4.69, 9.17) is 0 Å². The summed E-state index contributed by atoms with van der Waals surface area (Å²) < 4.78 is 0. The van der Waals surface area contributed by atoms with E-state index in [1.165, 1.54) is 0 Å². The molecule has 0 rings (SSSR count). The van der Waals surface area contributed by atoms with E-state index in [9.17, 15) is 0 Å². The topological polar surface area (TPSA) is 0 Å². The number of rotatable bonds is 0. The molecular formula is C14H44. The highest BCUT2D eigenvalue weighted by Crippen LogP contribution is 1.15. The highest BCUT2D eigenvalue weighted by Gasteiger charge is 0.942. The summed E-state index contributed by atoms with van der Waals surface area (Å²) in [4.78, 5) is 0. The van der Waals surface area contributed by atoms with Crippen LogP contribution in [-0.4, -0.2) is 0 Å². The number of hydrogen-bond donors (Lipinski definition) is 0. The molecule has 0 fully saturated rings. The van der Waals surface area contributed by atoms with Gasteiger partial charge in [-0.3, -0.25) is 0 Å². The van der Waals surface area contributed by atoms with Gasteiger partial charge in [-0.05, 0) is 0 Å². The van der Waals surface area contributed by atoms with Gasteiger partial charge >= 0.3 is 0 Å². The molecule has 0 unspecified atom stereocenters. The summed E-state index contributed by atoms with van der Waals surface area (Å²) in [5, 5.41) is 0. The third kappa shape index (κ3) is 0. The second kappa shape index (κ2) is 0. The molecule has 0 aliphatic heterocycles. The van der Waals surface area contributed by atoms with Gasteiger partial charge in [0.15, 0.2) is 0 Å². The van der Waals surface area contributed by atoms with E-state index in [0.29, 0.717) is 0 Å². The van der Waals surface area contributed by atoms with Crippen LogP contribution in [0.25, 0.3) is 0 Å². The molecule has 0 amide bonds. The Morgan fingerprint density at radius 1 is 0.214 bits per heavy atom. The molecule has 100 valence electrons. The Morgan fingerprint density at radius 2 is 0.214 bits per heavy atom. The SMILES string of the molecule is C.C.CC.CC.CC.CC.CC.CC. The van der Waals surface area contributed by atoms with Gasteiger partial charge in [0, 0.05) is 0 Å². The van der Waals surface area contributed by atoms with Crippen molar-refractivity contribution in [3.63, 3.8) is 0 Å². The van der Waals surface area contributed by atoms with Gasteiger partial charge < -0.3 is 0 Å². The second-order valence-corrected chi connectivity index (χ2v) is 0. The monoisotopic (exact) mass is 212 g/mol. The van der Waals surface area contributed by atoms with Crippen LogP contribution in [0.15, 0.2) is 0 Å². The molecule has 0 aliphatic rings. The lowest BCUT2D eigenvalue weighted by Crippen LogP contribution is -0.856.